The van der Waals surface area contributed by atoms with Crippen LogP contribution in [0.2, 0.25) is 0 Å². The molecule has 134 valence electrons. The van der Waals surface area contributed by atoms with Crippen LogP contribution in [0.1, 0.15) is 18.2 Å². The molecule has 26 heavy (non-hydrogen) atoms. The molecule has 0 radical (unpaired) electrons. The Morgan fingerprint density at radius 1 is 1.15 bits per heavy atom. The van der Waals surface area contributed by atoms with Crippen molar-refractivity contribution in [2.45, 2.75) is 26.9 Å². The summed E-state index contributed by atoms with van der Waals surface area (Å²) in [6.07, 6.45) is 0. The molecule has 0 atom stereocenters. The van der Waals surface area contributed by atoms with Crippen LogP contribution in [0.25, 0.3) is 10.8 Å². The van der Waals surface area contributed by atoms with Crippen LogP contribution in [0.4, 0.5) is 4.39 Å². The summed E-state index contributed by atoms with van der Waals surface area (Å²) >= 11 is 0. The predicted molar refractivity (Wildman–Crippen MR) is 98.2 cm³/mol. The van der Waals surface area contributed by atoms with Crippen molar-refractivity contribution in [2.24, 2.45) is 0 Å². The van der Waals surface area contributed by atoms with Crippen LogP contribution in [-0.4, -0.2) is 27.1 Å². The van der Waals surface area contributed by atoms with Gasteiger partial charge in [-0.3, -0.25) is 9.59 Å². The Kier molecular flexibility index (Phi) is 5.11. The maximum atomic E-state index is 13.4. The van der Waals surface area contributed by atoms with E-state index in [0.29, 0.717) is 23.2 Å². The van der Waals surface area contributed by atoms with Crippen molar-refractivity contribution < 1.29 is 9.18 Å². The summed E-state index contributed by atoms with van der Waals surface area (Å²) in [5.74, 6) is -0.574. The number of hydrogen-bond acceptors (Lipinski definition) is 3. The van der Waals surface area contributed by atoms with Crippen LogP contribution in [0, 0.1) is 12.7 Å². The summed E-state index contributed by atoms with van der Waals surface area (Å²) in [4.78, 5) is 26.9. The maximum Gasteiger partial charge on any atom is 0.275 e. The van der Waals surface area contributed by atoms with E-state index >= 15 is 0 Å². The molecule has 0 saturated heterocycles. The number of carbonyl (C=O) groups excluding carboxylic acids is 1. The van der Waals surface area contributed by atoms with Gasteiger partial charge in [0.25, 0.3) is 5.56 Å². The lowest BCUT2D eigenvalue weighted by molar-refractivity contribution is -0.132. The second-order valence-corrected chi connectivity index (χ2v) is 6.13. The lowest BCUT2D eigenvalue weighted by Crippen LogP contribution is -2.37. The summed E-state index contributed by atoms with van der Waals surface area (Å²) in [5.41, 5.74) is 1.11. The molecule has 5 nitrogen and oxygen atoms in total. The molecule has 0 fully saturated rings. The van der Waals surface area contributed by atoms with Gasteiger partial charge in [-0.1, -0.05) is 30.3 Å². The molecule has 1 aromatic heterocycles. The fourth-order valence-electron chi connectivity index (χ4n) is 2.97. The zero-order valence-corrected chi connectivity index (χ0v) is 14.8. The first kappa shape index (κ1) is 17.8. The minimum absolute atomic E-state index is 0.145. The van der Waals surface area contributed by atoms with Crippen molar-refractivity contribution in [2.75, 3.05) is 6.54 Å². The number of aromatic nitrogens is 2. The first-order valence-corrected chi connectivity index (χ1v) is 8.48. The van der Waals surface area contributed by atoms with Gasteiger partial charge in [0.1, 0.15) is 12.4 Å². The van der Waals surface area contributed by atoms with E-state index in [-0.39, 0.29) is 30.4 Å². The summed E-state index contributed by atoms with van der Waals surface area (Å²) in [6, 6.07) is 13.4. The van der Waals surface area contributed by atoms with Gasteiger partial charge in [0.05, 0.1) is 11.1 Å². The van der Waals surface area contributed by atoms with Crippen LogP contribution in [-0.2, 0) is 17.9 Å². The van der Waals surface area contributed by atoms with Crippen molar-refractivity contribution in [1.29, 1.82) is 0 Å². The normalized spacial score (nSPS) is 10.9. The fourth-order valence-corrected chi connectivity index (χ4v) is 2.97. The Morgan fingerprint density at radius 3 is 2.58 bits per heavy atom. The Hall–Kier alpha value is -3.02. The third-order valence-corrected chi connectivity index (χ3v) is 4.33. The molecule has 0 aliphatic heterocycles. The van der Waals surface area contributed by atoms with Gasteiger partial charge in [-0.15, -0.1) is 0 Å². The second kappa shape index (κ2) is 7.47. The van der Waals surface area contributed by atoms with Gasteiger partial charge in [-0.25, -0.2) is 9.07 Å². The minimum Gasteiger partial charge on any atom is -0.337 e. The standard InChI is InChI=1S/C20H20FN3O2/c1-3-23(12-15-7-6-8-16(21)11-15)19(25)13-24-20(26)18-10-5-4-9-17(18)14(2)22-24/h4-11H,3,12-13H2,1-2H3. The summed E-state index contributed by atoms with van der Waals surface area (Å²) in [7, 11) is 0. The van der Waals surface area contributed by atoms with Gasteiger partial charge >= 0.3 is 0 Å². The highest BCUT2D eigenvalue weighted by atomic mass is 19.1. The van der Waals surface area contributed by atoms with Gasteiger partial charge < -0.3 is 4.90 Å². The molecule has 0 aliphatic carbocycles. The number of halogens is 1. The van der Waals surface area contributed by atoms with Gasteiger partial charge in [0.15, 0.2) is 0 Å². The van der Waals surface area contributed by atoms with Crippen molar-refractivity contribution in [1.82, 2.24) is 14.7 Å². The number of rotatable bonds is 5. The largest absolute Gasteiger partial charge is 0.337 e. The quantitative estimate of drug-likeness (QED) is 0.709. The lowest BCUT2D eigenvalue weighted by Gasteiger charge is -2.21. The molecular weight excluding hydrogens is 333 g/mol. The van der Waals surface area contributed by atoms with E-state index in [1.54, 1.807) is 29.2 Å². The highest BCUT2D eigenvalue weighted by molar-refractivity contribution is 5.83. The van der Waals surface area contributed by atoms with Crippen LogP contribution in [0.5, 0.6) is 0 Å². The third-order valence-electron chi connectivity index (χ3n) is 4.33. The number of nitrogens with zero attached hydrogens (tertiary/aromatic N) is 3. The number of likely N-dealkylation sites (N-methyl/N-ethyl adjacent to an activating group) is 1. The van der Waals surface area contributed by atoms with Crippen LogP contribution >= 0.6 is 0 Å². The van der Waals surface area contributed by atoms with Crippen molar-refractivity contribution in [3.05, 3.63) is 76.0 Å². The Morgan fingerprint density at radius 2 is 1.88 bits per heavy atom. The van der Waals surface area contributed by atoms with E-state index < -0.39 is 0 Å². The first-order valence-electron chi connectivity index (χ1n) is 8.48. The minimum atomic E-state index is -0.339. The Labute approximate surface area is 150 Å². The van der Waals surface area contributed by atoms with Crippen LogP contribution in [0.15, 0.2) is 53.3 Å². The van der Waals surface area contributed by atoms with E-state index in [9.17, 15) is 14.0 Å². The molecule has 3 rings (SSSR count). The predicted octanol–water partition coefficient (Wildman–Crippen LogP) is 2.89. The van der Waals surface area contributed by atoms with E-state index in [0.717, 1.165) is 5.39 Å². The smallest absolute Gasteiger partial charge is 0.275 e. The van der Waals surface area contributed by atoms with E-state index in [2.05, 4.69) is 5.10 Å². The van der Waals surface area contributed by atoms with E-state index in [1.165, 1.54) is 16.8 Å². The summed E-state index contributed by atoms with van der Waals surface area (Å²) in [6.45, 7) is 4.25. The van der Waals surface area contributed by atoms with Crippen LogP contribution in [0.3, 0.4) is 0 Å². The second-order valence-electron chi connectivity index (χ2n) is 6.13. The average molecular weight is 353 g/mol. The SMILES string of the molecule is CCN(Cc1cccc(F)c1)C(=O)Cn1nc(C)c2ccccc2c1=O. The van der Waals surface area contributed by atoms with Crippen molar-refractivity contribution in [3.8, 4) is 0 Å². The number of hydrogen-bond donors (Lipinski definition) is 0. The molecule has 0 saturated carbocycles. The van der Waals surface area contributed by atoms with Crippen molar-refractivity contribution >= 4 is 16.7 Å². The number of fused-ring (bicyclic) bond motifs is 1. The third kappa shape index (κ3) is 3.64. The molecule has 1 amide bonds. The Balaban J connectivity index is 1.85. The fraction of sp³-hybridized carbons (Fsp3) is 0.250. The molecule has 0 spiro atoms. The van der Waals surface area contributed by atoms with E-state index in [1.807, 2.05) is 26.0 Å². The Bertz CT molecular complexity index is 1010. The van der Waals surface area contributed by atoms with Gasteiger partial charge in [0, 0.05) is 18.5 Å². The van der Waals surface area contributed by atoms with Crippen LogP contribution < -0.4 is 5.56 Å². The highest BCUT2D eigenvalue weighted by Crippen LogP contribution is 2.12. The molecule has 2 aromatic carbocycles. The molecule has 0 unspecified atom stereocenters. The molecule has 0 N–H and O–H groups in total. The number of benzene rings is 2. The first-order chi connectivity index (χ1) is 12.5. The molecule has 0 bridgehead atoms. The number of amides is 1. The molecule has 6 heteroatoms. The zero-order chi connectivity index (χ0) is 18.7. The summed E-state index contributed by atoms with van der Waals surface area (Å²) in [5, 5.41) is 5.60. The summed E-state index contributed by atoms with van der Waals surface area (Å²) < 4.78 is 14.6. The molecular formula is C20H20FN3O2. The average Bonchev–Trinajstić information content (AvgIpc) is 2.64. The topological polar surface area (TPSA) is 55.2 Å². The lowest BCUT2D eigenvalue weighted by atomic mass is 10.1. The molecule has 1 heterocycles. The van der Waals surface area contributed by atoms with Gasteiger partial charge in [-0.05, 0) is 37.6 Å². The molecule has 0 aliphatic rings. The van der Waals surface area contributed by atoms with E-state index in [4.69, 9.17) is 0 Å². The van der Waals surface area contributed by atoms with Gasteiger partial charge in [-0.2, -0.15) is 5.10 Å². The van der Waals surface area contributed by atoms with Gasteiger partial charge in [0.2, 0.25) is 5.91 Å². The zero-order valence-electron chi connectivity index (χ0n) is 14.8. The monoisotopic (exact) mass is 353 g/mol. The number of aryl methyl sites for hydroxylation is 1. The molecule has 3 aromatic rings. The number of carbonyl (C=O) groups is 1. The van der Waals surface area contributed by atoms with Crippen molar-refractivity contribution in [3.63, 3.8) is 0 Å². The maximum absolute atomic E-state index is 13.4. The highest BCUT2D eigenvalue weighted by Gasteiger charge is 2.16.